The summed E-state index contributed by atoms with van der Waals surface area (Å²) in [6.45, 7) is 7.25. The molecular weight excluding hydrogens is 552 g/mol. The van der Waals surface area contributed by atoms with Gasteiger partial charge in [0.2, 0.25) is 5.88 Å². The lowest BCUT2D eigenvalue weighted by Crippen LogP contribution is -2.13. The molecule has 0 atom stereocenters. The van der Waals surface area contributed by atoms with Crippen LogP contribution in [0.4, 0.5) is 14.5 Å². The minimum absolute atomic E-state index is 0.0874. The molecule has 0 amide bonds. The van der Waals surface area contributed by atoms with E-state index in [1.54, 1.807) is 42.5 Å². The Kier molecular flexibility index (Phi) is 7.04. The van der Waals surface area contributed by atoms with Gasteiger partial charge in [0.25, 0.3) is 0 Å². The zero-order valence-electron chi connectivity index (χ0n) is 22.7. The molecule has 0 bridgehead atoms. The zero-order chi connectivity index (χ0) is 30.1. The van der Waals surface area contributed by atoms with Gasteiger partial charge in [0.05, 0.1) is 40.3 Å². The van der Waals surface area contributed by atoms with Crippen LogP contribution in [0.3, 0.4) is 0 Å². The molecule has 3 aromatic carbocycles. The number of nitriles is 1. The summed E-state index contributed by atoms with van der Waals surface area (Å²) >= 11 is 0. The third-order valence-corrected chi connectivity index (χ3v) is 7.59. The Bertz CT molecular complexity index is 1990. The molecule has 2 heterocycles. The summed E-state index contributed by atoms with van der Waals surface area (Å²) in [4.78, 5) is 23.9. The van der Waals surface area contributed by atoms with E-state index < -0.39 is 23.0 Å². The van der Waals surface area contributed by atoms with Gasteiger partial charge in [-0.2, -0.15) is 5.26 Å². The number of imidazole rings is 1. The van der Waals surface area contributed by atoms with E-state index in [-0.39, 0.29) is 35.7 Å². The van der Waals surface area contributed by atoms with Crippen LogP contribution >= 0.6 is 0 Å². The topological polar surface area (TPSA) is 105 Å². The fourth-order valence-electron chi connectivity index (χ4n) is 4.93. The fraction of sp³-hybridized carbons (Fsp3) is 0.182. The first-order valence-electron chi connectivity index (χ1n) is 13.5. The predicted molar refractivity (Wildman–Crippen MR) is 153 cm³/mol. The van der Waals surface area contributed by atoms with E-state index >= 15 is 4.39 Å². The predicted octanol–water partition coefficient (Wildman–Crippen LogP) is 7.10. The third-order valence-electron chi connectivity index (χ3n) is 7.59. The maximum atomic E-state index is 15.5. The monoisotopic (exact) mass is 575 g/mol. The quantitative estimate of drug-likeness (QED) is 0.188. The average Bonchev–Trinajstić information content (AvgIpc) is 3.72. The standard InChI is InChI=1S/C33H23F2N5O3/c1-37-24-9-7-23(26(35)16-24)17-43-31-4-2-3-27(39-31)21-6-5-20(25(34)13-21)15-30-38-28-10-8-22(32(41)42)14-29(28)40(30)19-33(18-36)11-12-33/h2-10,13-14,16H,11-12,15,17,19H2,(H,41,42). The second-order valence-corrected chi connectivity index (χ2v) is 10.5. The molecule has 1 N–H and O–H groups in total. The molecule has 0 saturated heterocycles. The van der Waals surface area contributed by atoms with Crippen LogP contribution in [0.15, 0.2) is 72.8 Å². The van der Waals surface area contributed by atoms with Crippen LogP contribution in [-0.2, 0) is 19.6 Å². The van der Waals surface area contributed by atoms with Crippen LogP contribution in [0.25, 0.3) is 27.1 Å². The Morgan fingerprint density at radius 1 is 1.05 bits per heavy atom. The third kappa shape index (κ3) is 5.64. The highest BCUT2D eigenvalue weighted by atomic mass is 19.1. The average molecular weight is 576 g/mol. The summed E-state index contributed by atoms with van der Waals surface area (Å²) < 4.78 is 37.2. The van der Waals surface area contributed by atoms with Gasteiger partial charge >= 0.3 is 5.97 Å². The molecule has 1 aliphatic carbocycles. The summed E-state index contributed by atoms with van der Waals surface area (Å²) in [5.41, 5.74) is 2.59. The van der Waals surface area contributed by atoms with Crippen molar-refractivity contribution in [2.24, 2.45) is 5.41 Å². The Labute approximate surface area is 245 Å². The van der Waals surface area contributed by atoms with Crippen LogP contribution < -0.4 is 4.74 Å². The van der Waals surface area contributed by atoms with Crippen LogP contribution in [0.5, 0.6) is 5.88 Å². The van der Waals surface area contributed by atoms with E-state index in [0.29, 0.717) is 40.2 Å². The number of hydrogen-bond acceptors (Lipinski definition) is 5. The summed E-state index contributed by atoms with van der Waals surface area (Å²) in [5.74, 6) is -1.31. The van der Waals surface area contributed by atoms with Gasteiger partial charge in [-0.1, -0.05) is 30.3 Å². The first-order valence-corrected chi connectivity index (χ1v) is 13.5. The SMILES string of the molecule is [C-]#[N+]c1ccc(COc2cccc(-c3ccc(Cc4nc5ccc(C(=O)O)cc5n4CC4(C#N)CC4)c(F)c3)n2)c(F)c1. The van der Waals surface area contributed by atoms with Gasteiger partial charge in [0.1, 0.15) is 24.1 Å². The molecule has 43 heavy (non-hydrogen) atoms. The van der Waals surface area contributed by atoms with Crippen molar-refractivity contribution < 1.29 is 23.4 Å². The van der Waals surface area contributed by atoms with E-state index in [0.717, 1.165) is 18.9 Å². The van der Waals surface area contributed by atoms with Crippen LogP contribution in [0.1, 0.15) is 40.2 Å². The smallest absolute Gasteiger partial charge is 0.335 e. The number of benzene rings is 3. The maximum absolute atomic E-state index is 15.5. The van der Waals surface area contributed by atoms with E-state index in [2.05, 4.69) is 20.9 Å². The van der Waals surface area contributed by atoms with E-state index in [1.807, 2.05) is 4.57 Å². The molecule has 0 radical (unpaired) electrons. The number of aromatic carboxylic acids is 1. The van der Waals surface area contributed by atoms with Crippen molar-refractivity contribution in [1.82, 2.24) is 14.5 Å². The van der Waals surface area contributed by atoms with Crippen molar-refractivity contribution >= 4 is 22.7 Å². The number of carboxylic acids is 1. The first kappa shape index (κ1) is 27.6. The van der Waals surface area contributed by atoms with Gasteiger partial charge in [-0.25, -0.2) is 28.4 Å². The number of pyridine rings is 1. The zero-order valence-corrected chi connectivity index (χ0v) is 22.7. The van der Waals surface area contributed by atoms with Gasteiger partial charge in [0.15, 0.2) is 5.69 Å². The first-order chi connectivity index (χ1) is 20.8. The molecule has 212 valence electrons. The Hall–Kier alpha value is -5.61. The molecule has 6 rings (SSSR count). The molecule has 0 spiro atoms. The number of fused-ring (bicyclic) bond motifs is 1. The molecule has 8 nitrogen and oxygen atoms in total. The van der Waals surface area contributed by atoms with Crippen molar-refractivity contribution in [2.45, 2.75) is 32.4 Å². The fourth-order valence-corrected chi connectivity index (χ4v) is 4.93. The number of hydrogen-bond donors (Lipinski definition) is 1. The highest BCUT2D eigenvalue weighted by molar-refractivity contribution is 5.92. The van der Waals surface area contributed by atoms with Crippen molar-refractivity contribution in [3.05, 3.63) is 118 Å². The van der Waals surface area contributed by atoms with Crippen molar-refractivity contribution in [3.8, 4) is 23.2 Å². The highest BCUT2D eigenvalue weighted by Crippen LogP contribution is 2.47. The lowest BCUT2D eigenvalue weighted by atomic mass is 10.0. The second-order valence-electron chi connectivity index (χ2n) is 10.5. The molecule has 1 saturated carbocycles. The normalized spacial score (nSPS) is 13.3. The number of nitrogens with zero attached hydrogens (tertiary/aromatic N) is 5. The molecule has 0 aliphatic heterocycles. The molecular formula is C33H23F2N5O3. The number of halogens is 2. The molecule has 2 aromatic heterocycles. The summed E-state index contributed by atoms with van der Waals surface area (Å²) in [6, 6.07) is 21.0. The summed E-state index contributed by atoms with van der Waals surface area (Å²) in [6.07, 6.45) is 1.62. The van der Waals surface area contributed by atoms with Crippen LogP contribution in [0, 0.1) is 35.0 Å². The van der Waals surface area contributed by atoms with Gasteiger partial charge < -0.3 is 14.4 Å². The number of carbonyl (C=O) groups is 1. The van der Waals surface area contributed by atoms with Crippen molar-refractivity contribution in [3.63, 3.8) is 0 Å². The van der Waals surface area contributed by atoms with E-state index in [1.165, 1.54) is 24.3 Å². The van der Waals surface area contributed by atoms with E-state index in [4.69, 9.17) is 11.3 Å². The Morgan fingerprint density at radius 3 is 2.53 bits per heavy atom. The minimum Gasteiger partial charge on any atom is -0.478 e. The van der Waals surface area contributed by atoms with Crippen LogP contribution in [0.2, 0.25) is 0 Å². The minimum atomic E-state index is -1.07. The van der Waals surface area contributed by atoms with Crippen molar-refractivity contribution in [1.29, 1.82) is 5.26 Å². The summed E-state index contributed by atoms with van der Waals surface area (Å²) in [7, 11) is 0. The van der Waals surface area contributed by atoms with Gasteiger partial charge in [0, 0.05) is 30.2 Å². The number of rotatable bonds is 9. The number of ether oxygens (including phenoxy) is 1. The Balaban J connectivity index is 1.24. The molecule has 0 unspecified atom stereocenters. The van der Waals surface area contributed by atoms with Crippen LogP contribution in [-0.4, -0.2) is 25.6 Å². The molecule has 10 heteroatoms. The molecule has 1 fully saturated rings. The van der Waals surface area contributed by atoms with Crippen molar-refractivity contribution in [2.75, 3.05) is 0 Å². The van der Waals surface area contributed by atoms with E-state index in [9.17, 15) is 19.6 Å². The van der Waals surface area contributed by atoms with Gasteiger partial charge in [-0.3, -0.25) is 0 Å². The largest absolute Gasteiger partial charge is 0.478 e. The van der Waals surface area contributed by atoms with Gasteiger partial charge in [-0.05, 0) is 54.8 Å². The molecule has 1 aliphatic rings. The number of carboxylic acid groups (broad SMARTS) is 1. The number of aromatic nitrogens is 3. The lowest BCUT2D eigenvalue weighted by molar-refractivity contribution is 0.0697. The highest BCUT2D eigenvalue weighted by Gasteiger charge is 2.44. The van der Waals surface area contributed by atoms with Gasteiger partial charge in [-0.15, -0.1) is 0 Å². The summed E-state index contributed by atoms with van der Waals surface area (Å²) in [5, 5.41) is 19.2. The second kappa shape index (κ2) is 11.0. The lowest BCUT2D eigenvalue weighted by Gasteiger charge is -2.13. The maximum Gasteiger partial charge on any atom is 0.335 e. The Morgan fingerprint density at radius 2 is 1.84 bits per heavy atom. The molecule has 5 aromatic rings.